The van der Waals surface area contributed by atoms with E-state index in [1.807, 2.05) is 11.0 Å². The molecule has 0 aliphatic carbocycles. The number of aliphatic imine (C=N–C) groups is 1. The van der Waals surface area contributed by atoms with Gasteiger partial charge >= 0.3 is 0 Å². The van der Waals surface area contributed by atoms with Gasteiger partial charge in [-0.2, -0.15) is 0 Å². The number of likely N-dealkylation sites (tertiary alicyclic amines) is 2. The maximum Gasteiger partial charge on any atom is 0.222 e. The number of rotatable bonds is 10. The lowest BCUT2D eigenvalue weighted by atomic mass is 10.2. The number of halogens is 1. The summed E-state index contributed by atoms with van der Waals surface area (Å²) in [5.74, 6) is 2.79. The van der Waals surface area contributed by atoms with Gasteiger partial charge in [-0.1, -0.05) is 0 Å². The molecule has 2 N–H and O–H groups in total. The number of hydrogen-bond acceptors (Lipinski definition) is 5. The fourth-order valence-corrected chi connectivity index (χ4v) is 4.22. The van der Waals surface area contributed by atoms with Gasteiger partial charge in [0.2, 0.25) is 5.91 Å². The highest BCUT2D eigenvalue weighted by Gasteiger charge is 2.24. The molecule has 1 amide bonds. The van der Waals surface area contributed by atoms with Crippen molar-refractivity contribution in [3.05, 3.63) is 23.8 Å². The molecule has 2 heterocycles. The van der Waals surface area contributed by atoms with Gasteiger partial charge < -0.3 is 25.0 Å². The van der Waals surface area contributed by atoms with Crippen molar-refractivity contribution in [2.75, 3.05) is 53.5 Å². The third-order valence-electron chi connectivity index (χ3n) is 5.80. The first-order valence-corrected chi connectivity index (χ1v) is 11.4. The third kappa shape index (κ3) is 7.99. The van der Waals surface area contributed by atoms with Crippen molar-refractivity contribution in [2.24, 2.45) is 4.99 Å². The second-order valence-electron chi connectivity index (χ2n) is 8.18. The molecular formula is C23H38IN5O3. The third-order valence-corrected chi connectivity index (χ3v) is 5.80. The normalized spacial score (nSPS) is 19.1. The van der Waals surface area contributed by atoms with E-state index in [4.69, 9.17) is 14.5 Å². The molecule has 2 aliphatic rings. The maximum atomic E-state index is 11.7. The molecule has 0 spiro atoms. The fraction of sp³-hybridized carbons (Fsp3) is 0.652. The molecule has 0 saturated carbocycles. The lowest BCUT2D eigenvalue weighted by Gasteiger charge is -2.20. The first kappa shape index (κ1) is 26.5. The molecule has 0 radical (unpaired) electrons. The van der Waals surface area contributed by atoms with Gasteiger partial charge in [-0.25, -0.2) is 0 Å². The molecule has 1 aromatic rings. The number of amides is 1. The van der Waals surface area contributed by atoms with Crippen molar-refractivity contribution in [3.8, 4) is 11.5 Å². The molecule has 32 heavy (non-hydrogen) atoms. The minimum Gasteiger partial charge on any atom is -0.497 e. The van der Waals surface area contributed by atoms with E-state index in [0.29, 0.717) is 12.5 Å². The number of hydrogen-bond donors (Lipinski definition) is 2. The Morgan fingerprint density at radius 2 is 1.94 bits per heavy atom. The van der Waals surface area contributed by atoms with Gasteiger partial charge in [0, 0.05) is 64.3 Å². The molecule has 9 heteroatoms. The van der Waals surface area contributed by atoms with Gasteiger partial charge in [0.1, 0.15) is 11.5 Å². The van der Waals surface area contributed by atoms with Gasteiger partial charge in [-0.05, 0) is 43.9 Å². The van der Waals surface area contributed by atoms with Crippen LogP contribution >= 0.6 is 24.0 Å². The molecular weight excluding hydrogens is 521 g/mol. The van der Waals surface area contributed by atoms with Crippen LogP contribution in [0.4, 0.5) is 0 Å². The van der Waals surface area contributed by atoms with E-state index in [9.17, 15) is 4.79 Å². The molecule has 3 rings (SSSR count). The molecule has 2 saturated heterocycles. The number of benzene rings is 1. The standard InChI is InChI=1S/C23H37N5O3.HI/c1-4-24-23(25-9-6-11-28-10-5-7-22(28)29)26-19-8-12-27(17-19)16-18-13-20(30-2)15-21(14-18)31-3;/h13-15,19H,4-12,16-17H2,1-3H3,(H2,24,25,26);1H. The van der Waals surface area contributed by atoms with Gasteiger partial charge in [0.05, 0.1) is 14.2 Å². The molecule has 0 bridgehead atoms. The van der Waals surface area contributed by atoms with Crippen molar-refractivity contribution in [1.29, 1.82) is 0 Å². The second-order valence-corrected chi connectivity index (χ2v) is 8.18. The molecule has 1 aromatic carbocycles. The van der Waals surface area contributed by atoms with Gasteiger partial charge in [0.25, 0.3) is 0 Å². The zero-order valence-electron chi connectivity index (χ0n) is 19.6. The number of nitrogens with one attached hydrogen (secondary N) is 2. The van der Waals surface area contributed by atoms with E-state index in [1.165, 1.54) is 5.56 Å². The second kappa shape index (κ2) is 13.7. The number of guanidine groups is 1. The molecule has 1 unspecified atom stereocenters. The maximum absolute atomic E-state index is 11.7. The van der Waals surface area contributed by atoms with Crippen LogP contribution in [-0.2, 0) is 11.3 Å². The average molecular weight is 559 g/mol. The summed E-state index contributed by atoms with van der Waals surface area (Å²) in [6.45, 7) is 8.21. The summed E-state index contributed by atoms with van der Waals surface area (Å²) in [5.41, 5.74) is 1.19. The summed E-state index contributed by atoms with van der Waals surface area (Å²) in [6, 6.07) is 6.40. The van der Waals surface area contributed by atoms with Crippen molar-refractivity contribution < 1.29 is 14.3 Å². The Balaban J connectivity index is 0.00000363. The average Bonchev–Trinajstić information content (AvgIpc) is 3.39. The monoisotopic (exact) mass is 559 g/mol. The van der Waals surface area contributed by atoms with Crippen LogP contribution in [0.1, 0.15) is 38.2 Å². The first-order valence-electron chi connectivity index (χ1n) is 11.4. The molecule has 2 aliphatic heterocycles. The Morgan fingerprint density at radius 1 is 1.19 bits per heavy atom. The Morgan fingerprint density at radius 3 is 2.56 bits per heavy atom. The predicted octanol–water partition coefficient (Wildman–Crippen LogP) is 2.46. The topological polar surface area (TPSA) is 78.4 Å². The Hall–Kier alpha value is -1.75. The number of methoxy groups -OCH3 is 2. The highest BCUT2D eigenvalue weighted by atomic mass is 127. The Labute approximate surface area is 209 Å². The first-order chi connectivity index (χ1) is 15.1. The number of nitrogens with zero attached hydrogens (tertiary/aromatic N) is 3. The van der Waals surface area contributed by atoms with E-state index in [-0.39, 0.29) is 29.9 Å². The van der Waals surface area contributed by atoms with Gasteiger partial charge in [-0.15, -0.1) is 24.0 Å². The minimum atomic E-state index is 0. The fourth-order valence-electron chi connectivity index (χ4n) is 4.22. The molecule has 0 aromatic heterocycles. The highest BCUT2D eigenvalue weighted by molar-refractivity contribution is 14.0. The van der Waals surface area contributed by atoms with Gasteiger partial charge in [-0.3, -0.25) is 14.7 Å². The number of carbonyl (C=O) groups is 1. The van der Waals surface area contributed by atoms with Crippen LogP contribution in [0.3, 0.4) is 0 Å². The van der Waals surface area contributed by atoms with Crippen molar-refractivity contribution >= 4 is 35.8 Å². The predicted molar refractivity (Wildman–Crippen MR) is 138 cm³/mol. The lowest BCUT2D eigenvalue weighted by Crippen LogP contribution is -2.44. The largest absolute Gasteiger partial charge is 0.497 e. The summed E-state index contributed by atoms with van der Waals surface area (Å²) >= 11 is 0. The Bertz CT molecular complexity index is 739. The molecule has 1 atom stereocenters. The highest BCUT2D eigenvalue weighted by Crippen LogP contribution is 2.24. The van der Waals surface area contributed by atoms with Crippen molar-refractivity contribution in [3.63, 3.8) is 0 Å². The lowest BCUT2D eigenvalue weighted by molar-refractivity contribution is -0.127. The van der Waals surface area contributed by atoms with Crippen molar-refractivity contribution in [1.82, 2.24) is 20.4 Å². The van der Waals surface area contributed by atoms with E-state index in [2.05, 4.69) is 34.6 Å². The number of carbonyl (C=O) groups excluding carboxylic acids is 1. The van der Waals surface area contributed by atoms with Gasteiger partial charge in [0.15, 0.2) is 5.96 Å². The zero-order chi connectivity index (χ0) is 22.1. The summed E-state index contributed by atoms with van der Waals surface area (Å²) < 4.78 is 10.8. The van der Waals surface area contributed by atoms with E-state index >= 15 is 0 Å². The van der Waals surface area contributed by atoms with Crippen molar-refractivity contribution in [2.45, 2.75) is 45.2 Å². The van der Waals surface area contributed by atoms with Crippen LogP contribution < -0.4 is 20.1 Å². The smallest absolute Gasteiger partial charge is 0.222 e. The molecule has 8 nitrogen and oxygen atoms in total. The summed E-state index contributed by atoms with van der Waals surface area (Å²) in [5, 5.41) is 6.93. The molecule has 2 fully saturated rings. The van der Waals surface area contributed by atoms with Crippen LogP contribution in [0.5, 0.6) is 11.5 Å². The summed E-state index contributed by atoms with van der Waals surface area (Å²) in [7, 11) is 3.36. The van der Waals surface area contributed by atoms with Crippen LogP contribution in [0.15, 0.2) is 23.2 Å². The van der Waals surface area contributed by atoms with Crippen LogP contribution in [0, 0.1) is 0 Å². The zero-order valence-corrected chi connectivity index (χ0v) is 21.9. The molecule has 180 valence electrons. The number of ether oxygens (including phenoxy) is 2. The van der Waals surface area contributed by atoms with E-state index in [0.717, 1.165) is 82.5 Å². The van der Waals surface area contributed by atoms with Crippen LogP contribution in [0.2, 0.25) is 0 Å². The minimum absolute atomic E-state index is 0. The summed E-state index contributed by atoms with van der Waals surface area (Å²) in [6.07, 6.45) is 3.67. The van der Waals surface area contributed by atoms with E-state index in [1.54, 1.807) is 14.2 Å². The summed E-state index contributed by atoms with van der Waals surface area (Å²) in [4.78, 5) is 20.8. The Kier molecular flexibility index (Phi) is 11.4. The SMILES string of the molecule is CCNC(=NCCCN1CCCC1=O)NC1CCN(Cc2cc(OC)cc(OC)c2)C1.I. The quantitative estimate of drug-likeness (QED) is 0.199. The van der Waals surface area contributed by atoms with Crippen LogP contribution in [0.25, 0.3) is 0 Å². The van der Waals surface area contributed by atoms with E-state index < -0.39 is 0 Å². The van der Waals surface area contributed by atoms with Crippen LogP contribution in [-0.4, -0.2) is 81.2 Å².